The van der Waals surface area contributed by atoms with E-state index >= 15 is 0 Å². The summed E-state index contributed by atoms with van der Waals surface area (Å²) in [6, 6.07) is 15.1. The number of fused-ring (bicyclic) bond motifs is 2. The average molecular weight is 483 g/mol. The lowest BCUT2D eigenvalue weighted by molar-refractivity contribution is 0.173. The number of aliphatic hydroxyl groups excluding tert-OH is 1. The van der Waals surface area contributed by atoms with E-state index in [1.54, 1.807) is 7.11 Å². The second-order valence-electron chi connectivity index (χ2n) is 10.3. The quantitative estimate of drug-likeness (QED) is 0.447. The Labute approximate surface area is 209 Å². The van der Waals surface area contributed by atoms with Crippen LogP contribution < -0.4 is 9.64 Å². The van der Waals surface area contributed by atoms with Crippen molar-refractivity contribution in [3.63, 3.8) is 0 Å². The highest BCUT2D eigenvalue weighted by molar-refractivity contribution is 5.93. The maximum absolute atomic E-state index is 10.0. The molecule has 0 bridgehead atoms. The van der Waals surface area contributed by atoms with E-state index in [0.717, 1.165) is 77.7 Å². The third kappa shape index (κ3) is 3.72. The van der Waals surface area contributed by atoms with Gasteiger partial charge in [-0.05, 0) is 42.9 Å². The van der Waals surface area contributed by atoms with Crippen LogP contribution in [-0.2, 0) is 0 Å². The number of pyridine rings is 2. The molecule has 7 rings (SSSR count). The van der Waals surface area contributed by atoms with Crippen molar-refractivity contribution in [1.29, 1.82) is 0 Å². The Balaban J connectivity index is 1.22. The van der Waals surface area contributed by atoms with Gasteiger partial charge < -0.3 is 14.7 Å². The molecule has 2 atom stereocenters. The molecule has 5 heterocycles. The van der Waals surface area contributed by atoms with Crippen LogP contribution in [0.25, 0.3) is 33.5 Å². The van der Waals surface area contributed by atoms with E-state index in [0.29, 0.717) is 12.0 Å². The minimum atomic E-state index is -0.203. The normalized spacial score (nSPS) is 22.2. The Bertz CT molecular complexity index is 1410. The molecule has 0 spiro atoms. The Hall–Kier alpha value is -3.49. The summed E-state index contributed by atoms with van der Waals surface area (Å²) in [7, 11) is 1.69. The van der Waals surface area contributed by atoms with E-state index in [1.807, 2.05) is 12.3 Å². The number of aromatic amines is 1. The summed E-state index contributed by atoms with van der Waals surface area (Å²) in [5.41, 5.74) is 6.72. The van der Waals surface area contributed by atoms with Gasteiger partial charge in [0.15, 0.2) is 0 Å². The number of methoxy groups -OCH3 is 1. The minimum absolute atomic E-state index is 0.203. The number of aromatic nitrogens is 4. The third-order valence-electron chi connectivity index (χ3n) is 7.89. The van der Waals surface area contributed by atoms with Crippen molar-refractivity contribution >= 4 is 16.9 Å². The van der Waals surface area contributed by atoms with E-state index in [-0.39, 0.29) is 6.10 Å². The molecule has 8 nitrogen and oxygen atoms in total. The molecule has 1 aromatic carbocycles. The molecular weight excluding hydrogens is 452 g/mol. The molecule has 2 N–H and O–H groups in total. The first-order valence-corrected chi connectivity index (χ1v) is 12.8. The lowest BCUT2D eigenvalue weighted by Crippen LogP contribution is -2.50. The third-order valence-corrected chi connectivity index (χ3v) is 7.89. The smallest absolute Gasteiger partial charge is 0.147 e. The van der Waals surface area contributed by atoms with Crippen molar-refractivity contribution in [2.24, 2.45) is 0 Å². The van der Waals surface area contributed by atoms with E-state index in [4.69, 9.17) is 14.7 Å². The largest absolute Gasteiger partial charge is 0.494 e. The van der Waals surface area contributed by atoms with E-state index in [1.165, 1.54) is 18.4 Å². The highest BCUT2D eigenvalue weighted by atomic mass is 16.5. The molecule has 3 aromatic heterocycles. The van der Waals surface area contributed by atoms with Crippen molar-refractivity contribution in [3.8, 4) is 28.3 Å². The number of rotatable bonds is 5. The first-order valence-electron chi connectivity index (χ1n) is 12.8. The van der Waals surface area contributed by atoms with Crippen LogP contribution in [0, 0.1) is 0 Å². The number of nitrogens with one attached hydrogen (secondary N) is 1. The fourth-order valence-electron chi connectivity index (χ4n) is 5.88. The fourth-order valence-corrected chi connectivity index (χ4v) is 5.88. The summed E-state index contributed by atoms with van der Waals surface area (Å²) in [5.74, 6) is 2.32. The van der Waals surface area contributed by atoms with Gasteiger partial charge in [-0.1, -0.05) is 24.3 Å². The molecule has 1 unspecified atom stereocenters. The highest BCUT2D eigenvalue weighted by Gasteiger charge is 2.35. The van der Waals surface area contributed by atoms with Gasteiger partial charge in [0.2, 0.25) is 0 Å². The first-order chi connectivity index (χ1) is 17.7. The Morgan fingerprint density at radius 3 is 2.75 bits per heavy atom. The number of piperazine rings is 1. The van der Waals surface area contributed by atoms with Crippen molar-refractivity contribution in [3.05, 3.63) is 54.2 Å². The lowest BCUT2D eigenvalue weighted by atomic mass is 9.99. The van der Waals surface area contributed by atoms with Crippen LogP contribution >= 0.6 is 0 Å². The molecule has 184 valence electrons. The van der Waals surface area contributed by atoms with Crippen molar-refractivity contribution in [2.75, 3.05) is 38.2 Å². The number of anilines is 1. The number of H-pyrrole nitrogens is 1. The molecular formula is C28H30N6O2. The van der Waals surface area contributed by atoms with Gasteiger partial charge in [-0.2, -0.15) is 5.10 Å². The van der Waals surface area contributed by atoms with Gasteiger partial charge in [-0.3, -0.25) is 10.00 Å². The number of hydrogen-bond donors (Lipinski definition) is 2. The van der Waals surface area contributed by atoms with Crippen LogP contribution in [-0.4, -0.2) is 75.6 Å². The summed E-state index contributed by atoms with van der Waals surface area (Å²) in [4.78, 5) is 14.6. The van der Waals surface area contributed by atoms with Gasteiger partial charge in [-0.25, -0.2) is 9.97 Å². The SMILES string of the molecule is COc1cc2[nH]nc(-c3ccc(N4CCN5CC(O)C[C@H]5C4)nc3)c2nc1-c1ccccc1C1CC1. The zero-order chi connectivity index (χ0) is 24.2. The number of aliphatic hydroxyl groups is 1. The average Bonchev–Trinajstić information content (AvgIpc) is 3.57. The summed E-state index contributed by atoms with van der Waals surface area (Å²) in [5, 5.41) is 17.8. The topological polar surface area (TPSA) is 90.4 Å². The molecule has 4 aromatic rings. The molecule has 3 fully saturated rings. The molecule has 1 saturated carbocycles. The molecule has 2 aliphatic heterocycles. The number of hydrogen-bond acceptors (Lipinski definition) is 7. The van der Waals surface area contributed by atoms with Crippen LogP contribution in [0.1, 0.15) is 30.7 Å². The number of ether oxygens (including phenoxy) is 1. The predicted octanol–water partition coefficient (Wildman–Crippen LogP) is 3.83. The van der Waals surface area contributed by atoms with Gasteiger partial charge >= 0.3 is 0 Å². The molecule has 3 aliphatic rings. The molecule has 1 aliphatic carbocycles. The minimum Gasteiger partial charge on any atom is -0.494 e. The van der Waals surface area contributed by atoms with Crippen molar-refractivity contribution < 1.29 is 9.84 Å². The molecule has 0 radical (unpaired) electrons. The first kappa shape index (κ1) is 21.8. The van der Waals surface area contributed by atoms with Gasteiger partial charge in [0.25, 0.3) is 0 Å². The number of benzene rings is 1. The molecule has 36 heavy (non-hydrogen) atoms. The lowest BCUT2D eigenvalue weighted by Gasteiger charge is -2.37. The standard InChI is InChI=1S/C28H30N6O2/c1-36-24-13-23-28(30-27(24)22-5-3-2-4-21(22)17-6-7-17)26(32-31-23)18-8-9-25(29-14-18)34-11-10-33-16-20(35)12-19(33)15-34/h2-5,8-9,13-14,17,19-20,35H,6-7,10-12,15-16H2,1H3,(H,31,32)/t19-,20?/m0/s1. The van der Waals surface area contributed by atoms with Crippen LogP contribution in [0.5, 0.6) is 5.75 Å². The van der Waals surface area contributed by atoms with Gasteiger partial charge in [0.1, 0.15) is 28.5 Å². The van der Waals surface area contributed by atoms with Gasteiger partial charge in [0.05, 0.1) is 18.7 Å². The Morgan fingerprint density at radius 1 is 1.06 bits per heavy atom. The zero-order valence-corrected chi connectivity index (χ0v) is 20.4. The summed E-state index contributed by atoms with van der Waals surface area (Å²) in [6.45, 7) is 3.58. The van der Waals surface area contributed by atoms with E-state index in [2.05, 4.69) is 56.4 Å². The predicted molar refractivity (Wildman–Crippen MR) is 139 cm³/mol. The molecule has 0 amide bonds. The highest BCUT2D eigenvalue weighted by Crippen LogP contribution is 2.46. The van der Waals surface area contributed by atoms with Crippen molar-refractivity contribution in [2.45, 2.75) is 37.3 Å². The molecule has 8 heteroatoms. The van der Waals surface area contributed by atoms with Crippen LogP contribution in [0.4, 0.5) is 5.82 Å². The maximum atomic E-state index is 10.0. The number of nitrogens with zero attached hydrogens (tertiary/aromatic N) is 5. The van der Waals surface area contributed by atoms with Gasteiger partial charge in [-0.15, -0.1) is 0 Å². The van der Waals surface area contributed by atoms with Crippen LogP contribution in [0.3, 0.4) is 0 Å². The zero-order valence-electron chi connectivity index (χ0n) is 20.4. The maximum Gasteiger partial charge on any atom is 0.147 e. The molecule has 2 saturated heterocycles. The summed E-state index contributed by atoms with van der Waals surface area (Å²) >= 11 is 0. The second-order valence-corrected chi connectivity index (χ2v) is 10.3. The van der Waals surface area contributed by atoms with E-state index < -0.39 is 0 Å². The summed E-state index contributed by atoms with van der Waals surface area (Å²) in [6.07, 6.45) is 4.99. The Kier molecular flexibility index (Phi) is 5.18. The van der Waals surface area contributed by atoms with Crippen LogP contribution in [0.15, 0.2) is 48.7 Å². The summed E-state index contributed by atoms with van der Waals surface area (Å²) < 4.78 is 5.75. The second kappa shape index (κ2) is 8.57. The van der Waals surface area contributed by atoms with Crippen LogP contribution in [0.2, 0.25) is 0 Å². The van der Waals surface area contributed by atoms with Gasteiger partial charge in [0, 0.05) is 55.6 Å². The van der Waals surface area contributed by atoms with Crippen molar-refractivity contribution in [1.82, 2.24) is 25.1 Å². The van der Waals surface area contributed by atoms with E-state index in [9.17, 15) is 5.11 Å². The fraction of sp³-hybridized carbons (Fsp3) is 0.393. The Morgan fingerprint density at radius 2 is 1.94 bits per heavy atom. The monoisotopic (exact) mass is 482 g/mol.